The Hall–Kier alpha value is -0.960. The van der Waals surface area contributed by atoms with Gasteiger partial charge in [-0.3, -0.25) is 0 Å². The molecule has 10 heavy (non-hydrogen) atoms. The maximum absolute atomic E-state index is 4.93. The maximum Gasteiger partial charge on any atom is 0.210 e. The van der Waals surface area contributed by atoms with Crippen molar-refractivity contribution in [3.8, 4) is 0 Å². The summed E-state index contributed by atoms with van der Waals surface area (Å²) >= 11 is 0. The Kier molecular flexibility index (Phi) is 2.34. The van der Waals surface area contributed by atoms with E-state index >= 15 is 0 Å². The minimum Gasteiger partial charge on any atom is -0.495 e. The molecule has 3 nitrogen and oxygen atoms in total. The fourth-order valence-corrected chi connectivity index (χ4v) is 0.650. The molecule has 0 fully saturated rings. The highest BCUT2D eigenvalue weighted by molar-refractivity contribution is 5.22. The van der Waals surface area contributed by atoms with Crippen LogP contribution in [0.4, 0.5) is 0 Å². The molecule has 1 heterocycles. The summed E-state index contributed by atoms with van der Waals surface area (Å²) in [5.41, 5.74) is 0. The molecule has 1 aliphatic rings. The van der Waals surface area contributed by atoms with Gasteiger partial charge in [-0.2, -0.15) is 0 Å². The quantitative estimate of drug-likeness (QED) is 0.614. The van der Waals surface area contributed by atoms with Crippen LogP contribution in [-0.4, -0.2) is 14.2 Å². The molecule has 1 N–H and O–H groups in total. The highest BCUT2D eigenvalue weighted by Gasteiger charge is 2.06. The van der Waals surface area contributed by atoms with Gasteiger partial charge in [-0.1, -0.05) is 0 Å². The molecule has 0 atom stereocenters. The standard InChI is InChI=1S/C7H10NO2/c1-9-6-3-4-7(10-2)8-5-6/h3-5,8H,1-2H3. The zero-order valence-corrected chi connectivity index (χ0v) is 6.05. The van der Waals surface area contributed by atoms with E-state index < -0.39 is 0 Å². The molecule has 0 amide bonds. The zero-order valence-electron chi connectivity index (χ0n) is 6.05. The van der Waals surface area contributed by atoms with E-state index in [1.807, 2.05) is 6.08 Å². The Morgan fingerprint density at radius 2 is 2.00 bits per heavy atom. The van der Waals surface area contributed by atoms with Crippen molar-refractivity contribution in [1.82, 2.24) is 5.32 Å². The maximum atomic E-state index is 4.93. The molecule has 0 bridgehead atoms. The number of dihydropyridines is 1. The van der Waals surface area contributed by atoms with Gasteiger partial charge >= 0.3 is 0 Å². The number of nitrogens with one attached hydrogen (secondary N) is 1. The van der Waals surface area contributed by atoms with Crippen LogP contribution in [0.15, 0.2) is 24.1 Å². The molecule has 0 aromatic carbocycles. The van der Waals surface area contributed by atoms with E-state index in [1.54, 1.807) is 26.5 Å². The third-order valence-electron chi connectivity index (χ3n) is 1.21. The van der Waals surface area contributed by atoms with Crippen molar-refractivity contribution in [1.29, 1.82) is 0 Å². The van der Waals surface area contributed by atoms with Crippen LogP contribution in [0.25, 0.3) is 0 Å². The summed E-state index contributed by atoms with van der Waals surface area (Å²) in [5.74, 6) is 0.792. The molecule has 0 aromatic rings. The molecule has 0 aromatic heterocycles. The topological polar surface area (TPSA) is 30.5 Å². The molecular weight excluding hydrogens is 130 g/mol. The lowest BCUT2D eigenvalue weighted by atomic mass is 10.3. The van der Waals surface area contributed by atoms with Crippen molar-refractivity contribution in [2.75, 3.05) is 14.2 Å². The van der Waals surface area contributed by atoms with Crippen LogP contribution in [0.5, 0.6) is 0 Å². The third-order valence-corrected chi connectivity index (χ3v) is 1.21. The summed E-state index contributed by atoms with van der Waals surface area (Å²) in [7, 11) is 3.23. The SMILES string of the molecule is CO[C]1C=CC(OC)=CN1. The summed E-state index contributed by atoms with van der Waals surface area (Å²) in [6.07, 6.45) is 6.09. The van der Waals surface area contributed by atoms with E-state index in [2.05, 4.69) is 5.32 Å². The Bertz CT molecular complexity index is 163. The second kappa shape index (κ2) is 3.27. The summed E-state index contributed by atoms with van der Waals surface area (Å²) in [4.78, 5) is 0. The highest BCUT2D eigenvalue weighted by Crippen LogP contribution is 2.08. The molecular formula is C7H10NO2. The average molecular weight is 140 g/mol. The van der Waals surface area contributed by atoms with E-state index in [1.165, 1.54) is 0 Å². The second-order valence-corrected chi connectivity index (χ2v) is 1.80. The van der Waals surface area contributed by atoms with Crippen LogP contribution in [-0.2, 0) is 9.47 Å². The first kappa shape index (κ1) is 7.15. The number of methoxy groups -OCH3 is 2. The molecule has 3 heteroatoms. The molecule has 0 saturated heterocycles. The smallest absolute Gasteiger partial charge is 0.210 e. The molecule has 1 aliphatic heterocycles. The van der Waals surface area contributed by atoms with Crippen LogP contribution in [0.1, 0.15) is 0 Å². The number of hydrogen-bond donors (Lipinski definition) is 1. The second-order valence-electron chi connectivity index (χ2n) is 1.80. The van der Waals surface area contributed by atoms with Crippen LogP contribution in [0, 0.1) is 6.23 Å². The first-order valence-corrected chi connectivity index (χ1v) is 2.96. The van der Waals surface area contributed by atoms with E-state index in [0.29, 0.717) is 0 Å². The molecule has 0 unspecified atom stereocenters. The molecule has 1 radical (unpaired) electrons. The van der Waals surface area contributed by atoms with Crippen LogP contribution in [0.3, 0.4) is 0 Å². The summed E-state index contributed by atoms with van der Waals surface area (Å²) in [5, 5.41) is 2.89. The summed E-state index contributed by atoms with van der Waals surface area (Å²) in [6.45, 7) is 0. The van der Waals surface area contributed by atoms with Gasteiger partial charge in [-0.15, -0.1) is 0 Å². The summed E-state index contributed by atoms with van der Waals surface area (Å²) in [6, 6.07) is 0. The molecule has 0 aliphatic carbocycles. The Morgan fingerprint density at radius 1 is 1.20 bits per heavy atom. The fourth-order valence-electron chi connectivity index (χ4n) is 0.650. The van der Waals surface area contributed by atoms with Gasteiger partial charge in [-0.05, 0) is 12.2 Å². The Morgan fingerprint density at radius 3 is 2.40 bits per heavy atom. The minimum atomic E-state index is 0.723. The predicted molar refractivity (Wildman–Crippen MR) is 37.6 cm³/mol. The molecule has 55 valence electrons. The van der Waals surface area contributed by atoms with Crippen molar-refractivity contribution < 1.29 is 9.47 Å². The zero-order chi connectivity index (χ0) is 7.40. The van der Waals surface area contributed by atoms with Crippen molar-refractivity contribution in [2.45, 2.75) is 0 Å². The van der Waals surface area contributed by atoms with Gasteiger partial charge in [0.05, 0.1) is 7.11 Å². The van der Waals surface area contributed by atoms with Gasteiger partial charge in [0.1, 0.15) is 5.76 Å². The number of ether oxygens (including phenoxy) is 2. The molecule has 1 rings (SSSR count). The average Bonchev–Trinajstić information content (AvgIpc) is 2.05. The number of rotatable bonds is 2. The van der Waals surface area contributed by atoms with Crippen molar-refractivity contribution in [3.05, 3.63) is 30.3 Å². The van der Waals surface area contributed by atoms with Crippen molar-refractivity contribution in [2.24, 2.45) is 0 Å². The largest absolute Gasteiger partial charge is 0.495 e. The normalized spacial score (nSPS) is 18.0. The van der Waals surface area contributed by atoms with Crippen molar-refractivity contribution in [3.63, 3.8) is 0 Å². The van der Waals surface area contributed by atoms with Gasteiger partial charge < -0.3 is 14.8 Å². The van der Waals surface area contributed by atoms with E-state index in [-0.39, 0.29) is 0 Å². The van der Waals surface area contributed by atoms with E-state index in [4.69, 9.17) is 9.47 Å². The molecule has 0 saturated carbocycles. The minimum absolute atomic E-state index is 0.723. The highest BCUT2D eigenvalue weighted by atomic mass is 16.5. The number of hydrogen-bond acceptors (Lipinski definition) is 3. The van der Waals surface area contributed by atoms with Crippen LogP contribution < -0.4 is 5.32 Å². The van der Waals surface area contributed by atoms with Gasteiger partial charge in [0.15, 0.2) is 0 Å². The van der Waals surface area contributed by atoms with Gasteiger partial charge in [-0.25, -0.2) is 0 Å². The Balaban J connectivity index is 2.46. The fraction of sp³-hybridized carbons (Fsp3) is 0.286. The van der Waals surface area contributed by atoms with Crippen LogP contribution in [0.2, 0.25) is 0 Å². The molecule has 0 spiro atoms. The van der Waals surface area contributed by atoms with Crippen molar-refractivity contribution >= 4 is 0 Å². The lowest BCUT2D eigenvalue weighted by Crippen LogP contribution is -2.18. The monoisotopic (exact) mass is 140 g/mol. The van der Waals surface area contributed by atoms with E-state index in [0.717, 1.165) is 12.0 Å². The Labute approximate surface area is 60.3 Å². The number of allylic oxidation sites excluding steroid dienone is 1. The predicted octanol–water partition coefficient (Wildman–Crippen LogP) is 0.769. The first-order valence-electron chi connectivity index (χ1n) is 2.96. The lowest BCUT2D eigenvalue weighted by molar-refractivity contribution is 0.208. The van der Waals surface area contributed by atoms with Gasteiger partial charge in [0.2, 0.25) is 6.23 Å². The van der Waals surface area contributed by atoms with Gasteiger partial charge in [0.25, 0.3) is 0 Å². The summed E-state index contributed by atoms with van der Waals surface area (Å²) < 4.78 is 9.83. The van der Waals surface area contributed by atoms with Gasteiger partial charge in [0, 0.05) is 13.3 Å². The lowest BCUT2D eigenvalue weighted by Gasteiger charge is -2.14. The first-order chi connectivity index (χ1) is 4.86. The van der Waals surface area contributed by atoms with E-state index in [9.17, 15) is 0 Å². The third kappa shape index (κ3) is 1.51. The van der Waals surface area contributed by atoms with Crippen LogP contribution >= 0.6 is 0 Å².